The van der Waals surface area contributed by atoms with E-state index in [4.69, 9.17) is 14.7 Å². The number of allylic oxidation sites excluding steroid dienone is 2. The van der Waals surface area contributed by atoms with Crippen LogP contribution in [0.3, 0.4) is 0 Å². The predicted octanol–water partition coefficient (Wildman–Crippen LogP) is 9.76. The molecule has 5 atom stereocenters. The molecule has 1 amide bonds. The SMILES string of the molecule is CC(C)n1c(O[C@@H]2C[C@H]3C(=O)C[C@]4(C(=O)O)C[C@H]4/C=C\CCCCC[C@H](Cc4ccccc4)C(=O)N3C2)nc2c(-c3nc(C4CCCC4)cs3)cccc21.CF. The maximum absolute atomic E-state index is 14.7. The summed E-state index contributed by atoms with van der Waals surface area (Å²) in [7, 11) is 0.500. The maximum Gasteiger partial charge on any atom is 0.310 e. The standard InChI is InChI=1S/C44H52N4O5S.CH3F/c1-28(2)48-36-21-13-20-34(40-45-35(27-54-40)30-16-11-12-17-30)39(36)46-43(48)53-33-23-37-38(49)25-44(42(51)52)24-32(44)19-10-5-3-4-9-18-31(41(50)47(37)26-33)22-29-14-7-6-8-15-29;1-2/h6-8,10,13-15,19-21,27-28,30-33,37H,3-5,9,11-12,16-18,22-26H2,1-2H3,(H,51,52);1H3/b19-10-;/t31-,32-,33-,37+,44-;/m1./s1. The predicted molar refractivity (Wildman–Crippen MR) is 218 cm³/mol. The summed E-state index contributed by atoms with van der Waals surface area (Å²) in [6, 6.07) is 16.0. The molecule has 2 aromatic carbocycles. The molecule has 4 heterocycles. The molecule has 8 rings (SSSR count). The van der Waals surface area contributed by atoms with Gasteiger partial charge < -0.3 is 14.7 Å². The number of aliphatic carboxylic acids is 1. The van der Waals surface area contributed by atoms with E-state index >= 15 is 0 Å². The molecule has 1 saturated heterocycles. The minimum atomic E-state index is -1.11. The number of carbonyl (C=O) groups is 3. The van der Waals surface area contributed by atoms with Crippen molar-refractivity contribution >= 4 is 40.0 Å². The highest BCUT2D eigenvalue weighted by atomic mass is 32.1. The Bertz CT molecular complexity index is 2040. The van der Waals surface area contributed by atoms with Gasteiger partial charge in [-0.05, 0) is 82.4 Å². The summed E-state index contributed by atoms with van der Waals surface area (Å²) < 4.78 is 18.4. The topological polar surface area (TPSA) is 115 Å². The van der Waals surface area contributed by atoms with Gasteiger partial charge in [0.2, 0.25) is 5.91 Å². The molecular weight excluding hydrogens is 728 g/mol. The van der Waals surface area contributed by atoms with Crippen LogP contribution < -0.4 is 4.74 Å². The van der Waals surface area contributed by atoms with Crippen LogP contribution in [0.4, 0.5) is 4.39 Å². The molecule has 4 aromatic rings. The Morgan fingerprint density at radius 2 is 1.77 bits per heavy atom. The zero-order valence-electron chi connectivity index (χ0n) is 32.9. The minimum absolute atomic E-state index is 0.0336. The molecular formula is C45H55FN4O5S. The largest absolute Gasteiger partial charge is 0.481 e. The lowest BCUT2D eigenvalue weighted by atomic mass is 9.90. The van der Waals surface area contributed by atoms with Gasteiger partial charge in [-0.1, -0.05) is 74.2 Å². The number of fused-ring (bicyclic) bond motifs is 3. The average molecular weight is 783 g/mol. The number of carboxylic acids is 1. The van der Waals surface area contributed by atoms with Gasteiger partial charge in [-0.25, -0.2) is 4.98 Å². The number of aromatic nitrogens is 3. The number of para-hydroxylation sites is 1. The van der Waals surface area contributed by atoms with Crippen molar-refractivity contribution < 1.29 is 28.6 Å². The number of hydrogen-bond acceptors (Lipinski definition) is 7. The van der Waals surface area contributed by atoms with E-state index in [9.17, 15) is 23.9 Å². The summed E-state index contributed by atoms with van der Waals surface area (Å²) in [5, 5.41) is 13.5. The Labute approximate surface area is 333 Å². The molecule has 2 aromatic heterocycles. The Hall–Kier alpha value is -4.38. The van der Waals surface area contributed by atoms with Crippen LogP contribution in [-0.2, 0) is 20.8 Å². The van der Waals surface area contributed by atoms with Crippen LogP contribution in [0.25, 0.3) is 21.6 Å². The molecule has 2 aliphatic carbocycles. The van der Waals surface area contributed by atoms with Crippen LogP contribution in [0.1, 0.15) is 114 Å². The Morgan fingerprint density at radius 3 is 2.52 bits per heavy atom. The number of rotatable bonds is 8. The number of ketones is 1. The van der Waals surface area contributed by atoms with Crippen LogP contribution in [0, 0.1) is 17.3 Å². The van der Waals surface area contributed by atoms with E-state index in [2.05, 4.69) is 54.1 Å². The smallest absolute Gasteiger partial charge is 0.310 e. The highest BCUT2D eigenvalue weighted by Gasteiger charge is 2.61. The van der Waals surface area contributed by atoms with E-state index < -0.39 is 23.5 Å². The van der Waals surface area contributed by atoms with Crippen LogP contribution in [0.15, 0.2) is 66.1 Å². The zero-order chi connectivity index (χ0) is 39.4. The second kappa shape index (κ2) is 17.4. The first-order valence-corrected chi connectivity index (χ1v) is 21.4. The van der Waals surface area contributed by atoms with E-state index in [-0.39, 0.29) is 42.5 Å². The van der Waals surface area contributed by atoms with Crippen molar-refractivity contribution in [1.82, 2.24) is 19.4 Å². The third-order valence-corrected chi connectivity index (χ3v) is 13.3. The second-order valence-electron chi connectivity index (χ2n) is 16.4. The van der Waals surface area contributed by atoms with E-state index in [0.717, 1.165) is 59.3 Å². The zero-order valence-corrected chi connectivity index (χ0v) is 33.7. The van der Waals surface area contributed by atoms with Crippen LogP contribution in [0.5, 0.6) is 6.01 Å². The van der Waals surface area contributed by atoms with E-state index in [1.165, 1.54) is 31.4 Å². The van der Waals surface area contributed by atoms with Crippen molar-refractivity contribution in [2.24, 2.45) is 17.3 Å². The lowest BCUT2D eigenvalue weighted by Crippen LogP contribution is -2.45. The monoisotopic (exact) mass is 782 g/mol. The lowest BCUT2D eigenvalue weighted by molar-refractivity contribution is -0.147. The van der Waals surface area contributed by atoms with Crippen molar-refractivity contribution in [2.45, 2.75) is 121 Å². The summed E-state index contributed by atoms with van der Waals surface area (Å²) in [6.45, 7) is 4.46. The van der Waals surface area contributed by atoms with E-state index in [1.807, 2.05) is 30.3 Å². The van der Waals surface area contributed by atoms with Gasteiger partial charge in [0, 0.05) is 41.7 Å². The molecule has 0 bridgehead atoms. The Morgan fingerprint density at radius 1 is 1.00 bits per heavy atom. The van der Waals surface area contributed by atoms with Gasteiger partial charge in [-0.2, -0.15) is 4.98 Å². The lowest BCUT2D eigenvalue weighted by Gasteiger charge is -2.29. The highest BCUT2D eigenvalue weighted by molar-refractivity contribution is 7.13. The van der Waals surface area contributed by atoms with Gasteiger partial charge >= 0.3 is 5.97 Å². The molecule has 4 aliphatic rings. The van der Waals surface area contributed by atoms with Crippen LogP contribution >= 0.6 is 11.3 Å². The normalized spacial score (nSPS) is 26.6. The van der Waals surface area contributed by atoms with Gasteiger partial charge in [0.15, 0.2) is 5.78 Å². The molecule has 9 nitrogen and oxygen atoms in total. The number of hydrogen-bond donors (Lipinski definition) is 1. The van der Waals surface area contributed by atoms with Crippen molar-refractivity contribution in [1.29, 1.82) is 0 Å². The molecule has 0 unspecified atom stereocenters. The van der Waals surface area contributed by atoms with Crippen molar-refractivity contribution in [3.05, 3.63) is 77.3 Å². The summed E-state index contributed by atoms with van der Waals surface area (Å²) in [6.07, 6.45) is 14.3. The third kappa shape index (κ3) is 8.20. The quantitative estimate of drug-likeness (QED) is 0.177. The molecule has 2 aliphatic heterocycles. The molecule has 11 heteroatoms. The van der Waals surface area contributed by atoms with Gasteiger partial charge in [0.05, 0.1) is 36.4 Å². The fraction of sp³-hybridized carbons (Fsp3) is 0.533. The van der Waals surface area contributed by atoms with Gasteiger partial charge in [-0.15, -0.1) is 11.3 Å². The van der Waals surface area contributed by atoms with Gasteiger partial charge in [0.1, 0.15) is 16.6 Å². The third-order valence-electron chi connectivity index (χ3n) is 12.4. The summed E-state index contributed by atoms with van der Waals surface area (Å²) in [5.74, 6) is -1.10. The molecule has 3 fully saturated rings. The number of thiazole rings is 1. The second-order valence-corrected chi connectivity index (χ2v) is 17.3. The Balaban J connectivity index is 0.00000237. The van der Waals surface area contributed by atoms with E-state index in [0.29, 0.717) is 38.4 Å². The molecule has 0 radical (unpaired) electrons. The van der Waals surface area contributed by atoms with Gasteiger partial charge in [0.25, 0.3) is 6.01 Å². The number of alkyl halides is 1. The number of nitrogens with zero attached hydrogens (tertiary/aromatic N) is 4. The summed E-state index contributed by atoms with van der Waals surface area (Å²) in [4.78, 5) is 53.6. The molecule has 0 spiro atoms. The highest BCUT2D eigenvalue weighted by Crippen LogP contribution is 2.57. The summed E-state index contributed by atoms with van der Waals surface area (Å²) >= 11 is 1.67. The number of ether oxygens (including phenoxy) is 1. The first kappa shape index (κ1) is 39.8. The number of carboxylic acid groups (broad SMARTS) is 1. The number of carbonyl (C=O) groups excluding carboxylic acids is 2. The van der Waals surface area contributed by atoms with Crippen molar-refractivity contribution in [3.63, 3.8) is 0 Å². The number of amides is 1. The molecule has 1 N–H and O–H groups in total. The van der Waals surface area contributed by atoms with Crippen LogP contribution in [0.2, 0.25) is 0 Å². The fourth-order valence-electron chi connectivity index (χ4n) is 9.33. The Kier molecular flexibility index (Phi) is 12.4. The minimum Gasteiger partial charge on any atom is -0.481 e. The van der Waals surface area contributed by atoms with Crippen LogP contribution in [-0.4, -0.2) is 68.1 Å². The summed E-state index contributed by atoms with van der Waals surface area (Å²) in [5.41, 5.74) is 3.92. The van der Waals surface area contributed by atoms with Crippen molar-refractivity contribution in [3.8, 4) is 16.6 Å². The molecule has 298 valence electrons. The van der Waals surface area contributed by atoms with E-state index in [1.54, 1.807) is 16.2 Å². The number of benzene rings is 2. The van der Waals surface area contributed by atoms with Gasteiger partial charge in [-0.3, -0.25) is 23.3 Å². The first-order valence-electron chi connectivity index (χ1n) is 20.5. The number of halogens is 1. The molecule has 56 heavy (non-hydrogen) atoms. The maximum atomic E-state index is 14.7. The average Bonchev–Trinajstić information content (AvgIpc) is 3.80. The first-order chi connectivity index (χ1) is 27.2. The van der Waals surface area contributed by atoms with Crippen molar-refractivity contribution in [2.75, 3.05) is 13.7 Å². The fourth-order valence-corrected chi connectivity index (χ4v) is 10.3. The number of Topliss-reactive ketones (excluding diaryl/α,β-unsaturated/α-hetero) is 1. The molecule has 2 saturated carbocycles. The number of imidazole rings is 1.